The SMILES string of the molecule is c1c[nH]c(-c2ccc3nnn(Cc4ccc5cccnc5c4)c3n2)c1. The fraction of sp³-hybridized carbons (Fsp3) is 0.0526. The molecular weight excluding hydrogens is 312 g/mol. The molecule has 6 nitrogen and oxygen atoms in total. The molecule has 5 aromatic rings. The van der Waals surface area contributed by atoms with Crippen LogP contribution in [-0.2, 0) is 6.54 Å². The maximum Gasteiger partial charge on any atom is 0.179 e. The minimum atomic E-state index is 0.601. The Bertz CT molecular complexity index is 1170. The molecule has 6 heteroatoms. The average molecular weight is 326 g/mol. The third kappa shape index (κ3) is 2.44. The number of fused-ring (bicyclic) bond motifs is 2. The van der Waals surface area contributed by atoms with Gasteiger partial charge in [-0.1, -0.05) is 23.4 Å². The summed E-state index contributed by atoms with van der Waals surface area (Å²) in [5.74, 6) is 0. The van der Waals surface area contributed by atoms with Gasteiger partial charge in [0, 0.05) is 17.8 Å². The molecule has 0 unspecified atom stereocenters. The molecule has 25 heavy (non-hydrogen) atoms. The summed E-state index contributed by atoms with van der Waals surface area (Å²) >= 11 is 0. The van der Waals surface area contributed by atoms with E-state index in [1.54, 1.807) is 6.20 Å². The first-order valence-corrected chi connectivity index (χ1v) is 8.04. The van der Waals surface area contributed by atoms with Crippen LogP contribution in [0.25, 0.3) is 33.5 Å². The molecule has 0 radical (unpaired) electrons. The fourth-order valence-corrected chi connectivity index (χ4v) is 2.98. The maximum absolute atomic E-state index is 4.73. The lowest BCUT2D eigenvalue weighted by molar-refractivity contribution is 0.664. The zero-order valence-electron chi connectivity index (χ0n) is 13.3. The number of benzene rings is 1. The van der Waals surface area contributed by atoms with Crippen LogP contribution in [0.2, 0.25) is 0 Å². The number of hydrogen-bond acceptors (Lipinski definition) is 4. The molecule has 1 N–H and O–H groups in total. The van der Waals surface area contributed by atoms with Crippen molar-refractivity contribution in [2.75, 3.05) is 0 Å². The van der Waals surface area contributed by atoms with Gasteiger partial charge in [-0.25, -0.2) is 9.67 Å². The molecule has 120 valence electrons. The highest BCUT2D eigenvalue weighted by atomic mass is 15.4. The fourth-order valence-electron chi connectivity index (χ4n) is 2.98. The van der Waals surface area contributed by atoms with Gasteiger partial charge < -0.3 is 4.98 Å². The van der Waals surface area contributed by atoms with Crippen LogP contribution in [0.3, 0.4) is 0 Å². The Balaban J connectivity index is 1.56. The van der Waals surface area contributed by atoms with Gasteiger partial charge in [0.2, 0.25) is 0 Å². The summed E-state index contributed by atoms with van der Waals surface area (Å²) < 4.78 is 1.83. The number of pyridine rings is 2. The van der Waals surface area contributed by atoms with Crippen molar-refractivity contribution in [2.24, 2.45) is 0 Å². The van der Waals surface area contributed by atoms with Crippen LogP contribution >= 0.6 is 0 Å². The largest absolute Gasteiger partial charge is 0.360 e. The zero-order chi connectivity index (χ0) is 16.6. The van der Waals surface area contributed by atoms with Crippen LogP contribution in [0.4, 0.5) is 0 Å². The quantitative estimate of drug-likeness (QED) is 0.551. The Morgan fingerprint density at radius 1 is 0.960 bits per heavy atom. The molecule has 0 saturated heterocycles. The van der Waals surface area contributed by atoms with E-state index in [2.05, 4.69) is 44.5 Å². The molecule has 0 amide bonds. The van der Waals surface area contributed by atoms with Crippen molar-refractivity contribution in [3.63, 3.8) is 0 Å². The van der Waals surface area contributed by atoms with E-state index in [0.29, 0.717) is 6.54 Å². The van der Waals surface area contributed by atoms with Gasteiger partial charge in [0.25, 0.3) is 0 Å². The Morgan fingerprint density at radius 3 is 2.88 bits per heavy atom. The second-order valence-electron chi connectivity index (χ2n) is 5.90. The summed E-state index contributed by atoms with van der Waals surface area (Å²) in [5.41, 5.74) is 5.50. The molecule has 5 rings (SSSR count). The van der Waals surface area contributed by atoms with E-state index in [9.17, 15) is 0 Å². The highest BCUT2D eigenvalue weighted by Gasteiger charge is 2.10. The van der Waals surface area contributed by atoms with E-state index in [0.717, 1.165) is 39.0 Å². The van der Waals surface area contributed by atoms with Crippen LogP contribution in [0.1, 0.15) is 5.56 Å². The third-order valence-electron chi connectivity index (χ3n) is 4.24. The molecule has 4 aromatic heterocycles. The van der Waals surface area contributed by atoms with Gasteiger partial charge in [-0.2, -0.15) is 0 Å². The minimum Gasteiger partial charge on any atom is -0.360 e. The Labute approximate surface area is 143 Å². The average Bonchev–Trinajstić information content (AvgIpc) is 3.32. The lowest BCUT2D eigenvalue weighted by Gasteiger charge is -2.05. The number of hydrogen-bond donors (Lipinski definition) is 1. The summed E-state index contributed by atoms with van der Waals surface area (Å²) in [7, 11) is 0. The van der Waals surface area contributed by atoms with Gasteiger partial charge in [0.05, 0.1) is 23.4 Å². The van der Waals surface area contributed by atoms with Crippen molar-refractivity contribution in [3.8, 4) is 11.4 Å². The van der Waals surface area contributed by atoms with E-state index in [-0.39, 0.29) is 0 Å². The molecule has 0 bridgehead atoms. The molecule has 4 heterocycles. The van der Waals surface area contributed by atoms with Crippen LogP contribution in [0.5, 0.6) is 0 Å². The molecule has 1 aromatic carbocycles. The molecule has 0 aliphatic heterocycles. The van der Waals surface area contributed by atoms with Gasteiger partial charge in [0.15, 0.2) is 5.65 Å². The van der Waals surface area contributed by atoms with E-state index < -0.39 is 0 Å². The Hall–Kier alpha value is -3.54. The van der Waals surface area contributed by atoms with Crippen molar-refractivity contribution in [1.29, 1.82) is 0 Å². The van der Waals surface area contributed by atoms with E-state index in [1.165, 1.54) is 0 Å². The van der Waals surface area contributed by atoms with Crippen molar-refractivity contribution < 1.29 is 0 Å². The van der Waals surface area contributed by atoms with Gasteiger partial charge in [0.1, 0.15) is 5.52 Å². The van der Waals surface area contributed by atoms with E-state index >= 15 is 0 Å². The molecule has 0 aliphatic rings. The number of H-pyrrole nitrogens is 1. The molecule has 0 saturated carbocycles. The lowest BCUT2D eigenvalue weighted by atomic mass is 10.1. The van der Waals surface area contributed by atoms with Crippen molar-refractivity contribution in [3.05, 3.63) is 72.6 Å². The Kier molecular flexibility index (Phi) is 3.06. The standard InChI is InChI=1S/C19H14N6/c1-3-14-6-5-13(11-18(14)21-9-1)12-25-19-17(23-24-25)8-7-16(22-19)15-4-2-10-20-15/h1-11,20H,12H2. The molecule has 0 aliphatic carbocycles. The molecular formula is C19H14N6. The summed E-state index contributed by atoms with van der Waals surface area (Å²) in [6.07, 6.45) is 3.69. The maximum atomic E-state index is 4.73. The smallest absolute Gasteiger partial charge is 0.179 e. The van der Waals surface area contributed by atoms with Crippen LogP contribution in [-0.4, -0.2) is 29.9 Å². The van der Waals surface area contributed by atoms with Gasteiger partial charge in [-0.3, -0.25) is 4.98 Å². The second kappa shape index (κ2) is 5.52. The van der Waals surface area contributed by atoms with Crippen molar-refractivity contribution >= 4 is 22.1 Å². The van der Waals surface area contributed by atoms with Crippen LogP contribution < -0.4 is 0 Å². The lowest BCUT2D eigenvalue weighted by Crippen LogP contribution is -2.03. The highest BCUT2D eigenvalue weighted by Crippen LogP contribution is 2.19. The van der Waals surface area contributed by atoms with E-state index in [1.807, 2.05) is 41.2 Å². The first kappa shape index (κ1) is 13.9. The summed E-state index contributed by atoms with van der Waals surface area (Å²) in [4.78, 5) is 12.3. The van der Waals surface area contributed by atoms with Crippen molar-refractivity contribution in [2.45, 2.75) is 6.54 Å². The number of aromatic nitrogens is 6. The van der Waals surface area contributed by atoms with E-state index in [4.69, 9.17) is 4.98 Å². The van der Waals surface area contributed by atoms with Crippen molar-refractivity contribution in [1.82, 2.24) is 29.9 Å². The zero-order valence-corrected chi connectivity index (χ0v) is 13.3. The molecule has 0 fully saturated rings. The molecule has 0 spiro atoms. The number of nitrogens with one attached hydrogen (secondary N) is 1. The predicted molar refractivity (Wildman–Crippen MR) is 96.0 cm³/mol. The predicted octanol–water partition coefficient (Wildman–Crippen LogP) is 3.42. The normalized spacial score (nSPS) is 11.4. The van der Waals surface area contributed by atoms with Crippen LogP contribution in [0.15, 0.2) is 67.0 Å². The van der Waals surface area contributed by atoms with Gasteiger partial charge in [-0.05, 0) is 42.0 Å². The summed E-state index contributed by atoms with van der Waals surface area (Å²) in [6.45, 7) is 0.601. The van der Waals surface area contributed by atoms with Gasteiger partial charge >= 0.3 is 0 Å². The van der Waals surface area contributed by atoms with Gasteiger partial charge in [-0.15, -0.1) is 5.10 Å². The highest BCUT2D eigenvalue weighted by molar-refractivity contribution is 5.79. The Morgan fingerprint density at radius 2 is 1.96 bits per heavy atom. The third-order valence-corrected chi connectivity index (χ3v) is 4.24. The van der Waals surface area contributed by atoms with Crippen LogP contribution in [0, 0.1) is 0 Å². The number of nitrogens with zero attached hydrogens (tertiary/aromatic N) is 5. The number of rotatable bonds is 3. The summed E-state index contributed by atoms with van der Waals surface area (Å²) in [6, 6.07) is 18.1. The minimum absolute atomic E-state index is 0.601. The first-order chi connectivity index (χ1) is 12.4. The first-order valence-electron chi connectivity index (χ1n) is 8.04. The monoisotopic (exact) mass is 326 g/mol. The molecule has 0 atom stereocenters. The topological polar surface area (TPSA) is 72.3 Å². The summed E-state index contributed by atoms with van der Waals surface area (Å²) in [5, 5.41) is 9.62. The second-order valence-corrected chi connectivity index (χ2v) is 5.90. The number of aromatic amines is 1.